The maximum Gasteiger partial charge on any atom is 0.0777 e. The summed E-state index contributed by atoms with van der Waals surface area (Å²) in [7, 11) is 1.85. The average molecular weight is 268 g/mol. The molecule has 2 rings (SSSR count). The van der Waals surface area contributed by atoms with Crippen LogP contribution in [0.5, 0.6) is 0 Å². The molecule has 2 fully saturated rings. The molecule has 2 N–H and O–H groups in total. The molecule has 2 aliphatic rings. The molecule has 0 aromatic heterocycles. The summed E-state index contributed by atoms with van der Waals surface area (Å²) in [4.78, 5) is 2.66. The number of methoxy groups -OCH3 is 1. The van der Waals surface area contributed by atoms with Gasteiger partial charge in [0, 0.05) is 25.7 Å². The van der Waals surface area contributed by atoms with E-state index in [0.29, 0.717) is 0 Å². The third-order valence-electron chi connectivity index (χ3n) is 5.46. The monoisotopic (exact) mass is 268 g/mol. The molecule has 0 amide bonds. The number of ether oxygens (including phenoxy) is 1. The maximum atomic E-state index is 6.24. The van der Waals surface area contributed by atoms with Crippen LogP contribution in [-0.2, 0) is 4.74 Å². The Hall–Kier alpha value is -0.120. The Bertz CT molecular complexity index is 297. The van der Waals surface area contributed by atoms with E-state index in [4.69, 9.17) is 10.5 Å². The smallest absolute Gasteiger partial charge is 0.0777 e. The number of hydrogen-bond acceptors (Lipinski definition) is 3. The van der Waals surface area contributed by atoms with Crippen LogP contribution in [0.3, 0.4) is 0 Å². The molecule has 0 aromatic rings. The molecule has 0 bridgehead atoms. The number of nitrogens with two attached hydrogens (primary N) is 1. The van der Waals surface area contributed by atoms with Gasteiger partial charge in [0.1, 0.15) is 0 Å². The quantitative estimate of drug-likeness (QED) is 0.855. The minimum absolute atomic E-state index is 0.0182. The summed E-state index contributed by atoms with van der Waals surface area (Å²) in [5, 5.41) is 0. The number of rotatable bonds is 3. The highest BCUT2D eigenvalue weighted by atomic mass is 16.5. The van der Waals surface area contributed by atoms with Crippen LogP contribution in [0.4, 0.5) is 0 Å². The zero-order chi connectivity index (χ0) is 14.1. The van der Waals surface area contributed by atoms with E-state index in [9.17, 15) is 0 Å². The minimum Gasteiger partial charge on any atom is -0.377 e. The lowest BCUT2D eigenvalue weighted by Crippen LogP contribution is -2.62. The predicted octanol–water partition coefficient (Wildman–Crippen LogP) is 2.64. The molecule has 0 spiro atoms. The van der Waals surface area contributed by atoms with E-state index in [1.54, 1.807) is 0 Å². The summed E-state index contributed by atoms with van der Waals surface area (Å²) in [5.74, 6) is 1.59. The third-order valence-corrected chi connectivity index (χ3v) is 5.46. The van der Waals surface area contributed by atoms with Crippen molar-refractivity contribution in [3.63, 3.8) is 0 Å². The Morgan fingerprint density at radius 1 is 1.26 bits per heavy atom. The standard InChI is InChI=1S/C16H32N2O/c1-13-8-14(2)10-16(9-13,11-17)18-7-5-6-15(3,12-18)19-4/h13-14H,5-12,17H2,1-4H3. The summed E-state index contributed by atoms with van der Waals surface area (Å²) in [6.07, 6.45) is 6.28. The van der Waals surface area contributed by atoms with Gasteiger partial charge >= 0.3 is 0 Å². The van der Waals surface area contributed by atoms with E-state index in [1.165, 1.54) is 38.6 Å². The third kappa shape index (κ3) is 3.14. The fourth-order valence-corrected chi connectivity index (χ4v) is 4.57. The van der Waals surface area contributed by atoms with Crippen molar-refractivity contribution in [2.75, 3.05) is 26.7 Å². The van der Waals surface area contributed by atoms with E-state index in [1.807, 2.05) is 7.11 Å². The van der Waals surface area contributed by atoms with Crippen molar-refractivity contribution in [1.29, 1.82) is 0 Å². The molecule has 112 valence electrons. The van der Waals surface area contributed by atoms with Crippen molar-refractivity contribution in [3.8, 4) is 0 Å². The zero-order valence-electron chi connectivity index (χ0n) is 13.2. The molecule has 1 aliphatic carbocycles. The van der Waals surface area contributed by atoms with E-state index in [2.05, 4.69) is 25.7 Å². The first-order valence-electron chi connectivity index (χ1n) is 7.93. The van der Waals surface area contributed by atoms with Crippen molar-refractivity contribution >= 4 is 0 Å². The summed E-state index contributed by atoms with van der Waals surface area (Å²) >= 11 is 0. The summed E-state index contributed by atoms with van der Waals surface area (Å²) in [6.45, 7) is 10.1. The van der Waals surface area contributed by atoms with Crippen LogP contribution in [0, 0.1) is 11.8 Å². The molecule has 3 nitrogen and oxygen atoms in total. The van der Waals surface area contributed by atoms with E-state index in [0.717, 1.165) is 24.9 Å². The van der Waals surface area contributed by atoms with Crippen LogP contribution in [-0.4, -0.2) is 42.8 Å². The summed E-state index contributed by atoms with van der Waals surface area (Å²) < 4.78 is 5.76. The molecule has 1 saturated heterocycles. The molecular formula is C16H32N2O. The molecule has 0 aromatic carbocycles. The second-order valence-corrected chi connectivity index (χ2v) is 7.46. The maximum absolute atomic E-state index is 6.24. The number of piperidine rings is 1. The normalized spacial score (nSPS) is 45.3. The first kappa shape index (κ1) is 15.3. The highest BCUT2D eigenvalue weighted by Gasteiger charge is 2.45. The van der Waals surface area contributed by atoms with Gasteiger partial charge < -0.3 is 10.5 Å². The molecule has 1 saturated carbocycles. The second kappa shape index (κ2) is 5.71. The Morgan fingerprint density at radius 3 is 2.42 bits per heavy atom. The number of hydrogen-bond donors (Lipinski definition) is 1. The van der Waals surface area contributed by atoms with Gasteiger partial charge in [-0.05, 0) is 57.4 Å². The van der Waals surface area contributed by atoms with Crippen LogP contribution in [0.15, 0.2) is 0 Å². The van der Waals surface area contributed by atoms with Crippen LogP contribution in [0.1, 0.15) is 52.9 Å². The highest BCUT2D eigenvalue weighted by molar-refractivity contribution is 5.01. The molecule has 3 heteroatoms. The Balaban J connectivity index is 2.16. The SMILES string of the molecule is COC1(C)CCCN(C2(CN)CC(C)CC(C)C2)C1. The van der Waals surface area contributed by atoms with Gasteiger partial charge in [0.05, 0.1) is 5.60 Å². The van der Waals surface area contributed by atoms with Crippen LogP contribution in [0.25, 0.3) is 0 Å². The number of nitrogens with zero attached hydrogens (tertiary/aromatic N) is 1. The molecule has 0 radical (unpaired) electrons. The lowest BCUT2D eigenvalue weighted by Gasteiger charge is -2.54. The van der Waals surface area contributed by atoms with Crippen molar-refractivity contribution in [3.05, 3.63) is 0 Å². The molecule has 1 aliphatic heterocycles. The fraction of sp³-hybridized carbons (Fsp3) is 1.00. The highest BCUT2D eigenvalue weighted by Crippen LogP contribution is 2.41. The molecule has 19 heavy (non-hydrogen) atoms. The largest absolute Gasteiger partial charge is 0.377 e. The van der Waals surface area contributed by atoms with Gasteiger partial charge in [-0.25, -0.2) is 0 Å². The Labute approximate surface area is 118 Å². The van der Waals surface area contributed by atoms with Gasteiger partial charge in [-0.15, -0.1) is 0 Å². The van der Waals surface area contributed by atoms with Gasteiger partial charge in [-0.2, -0.15) is 0 Å². The van der Waals surface area contributed by atoms with Crippen molar-refractivity contribution in [1.82, 2.24) is 4.90 Å². The van der Waals surface area contributed by atoms with Crippen molar-refractivity contribution < 1.29 is 4.74 Å². The van der Waals surface area contributed by atoms with E-state index < -0.39 is 0 Å². The lowest BCUT2D eigenvalue weighted by atomic mass is 9.69. The Morgan fingerprint density at radius 2 is 1.89 bits per heavy atom. The molecule has 1 heterocycles. The minimum atomic E-state index is 0.0182. The molecular weight excluding hydrogens is 236 g/mol. The van der Waals surface area contributed by atoms with E-state index in [-0.39, 0.29) is 11.1 Å². The van der Waals surface area contributed by atoms with Gasteiger partial charge in [-0.1, -0.05) is 13.8 Å². The zero-order valence-corrected chi connectivity index (χ0v) is 13.2. The first-order chi connectivity index (χ1) is 8.93. The van der Waals surface area contributed by atoms with Crippen molar-refractivity contribution in [2.45, 2.75) is 64.0 Å². The average Bonchev–Trinajstić information content (AvgIpc) is 2.37. The lowest BCUT2D eigenvalue weighted by molar-refractivity contribution is -0.0949. The first-order valence-corrected chi connectivity index (χ1v) is 7.93. The molecule has 3 atom stereocenters. The summed E-state index contributed by atoms with van der Waals surface area (Å²) in [6, 6.07) is 0. The topological polar surface area (TPSA) is 38.5 Å². The van der Waals surface area contributed by atoms with Crippen molar-refractivity contribution in [2.24, 2.45) is 17.6 Å². The van der Waals surface area contributed by atoms with Gasteiger partial charge in [0.15, 0.2) is 0 Å². The van der Waals surface area contributed by atoms with Crippen LogP contribution < -0.4 is 5.73 Å². The molecule has 3 unspecified atom stereocenters. The number of likely N-dealkylation sites (tertiary alicyclic amines) is 1. The summed E-state index contributed by atoms with van der Waals surface area (Å²) in [5.41, 5.74) is 6.48. The second-order valence-electron chi connectivity index (χ2n) is 7.46. The fourth-order valence-electron chi connectivity index (χ4n) is 4.57. The predicted molar refractivity (Wildman–Crippen MR) is 80.2 cm³/mol. The van der Waals surface area contributed by atoms with Crippen LogP contribution in [0.2, 0.25) is 0 Å². The van der Waals surface area contributed by atoms with Crippen LogP contribution >= 0.6 is 0 Å². The van der Waals surface area contributed by atoms with Gasteiger partial charge in [0.2, 0.25) is 0 Å². The van der Waals surface area contributed by atoms with Gasteiger partial charge in [0.25, 0.3) is 0 Å². The Kier molecular flexibility index (Phi) is 4.59. The van der Waals surface area contributed by atoms with Gasteiger partial charge in [-0.3, -0.25) is 4.90 Å². The van der Waals surface area contributed by atoms with E-state index >= 15 is 0 Å².